The molecule has 0 saturated carbocycles. The highest BCUT2D eigenvalue weighted by atomic mass is 79.9. The summed E-state index contributed by atoms with van der Waals surface area (Å²) in [7, 11) is 0. The van der Waals surface area contributed by atoms with Crippen LogP contribution in [0.1, 0.15) is 37.8 Å². The van der Waals surface area contributed by atoms with Crippen LogP contribution in [0.25, 0.3) is 27.7 Å². The molecule has 1 fully saturated rings. The Hall–Kier alpha value is -3.22. The predicted molar refractivity (Wildman–Crippen MR) is 163 cm³/mol. The number of piperidine rings is 1. The number of anilines is 1. The Morgan fingerprint density at radius 2 is 1.76 bits per heavy atom. The summed E-state index contributed by atoms with van der Waals surface area (Å²) >= 11 is 3.63. The van der Waals surface area contributed by atoms with Gasteiger partial charge in [-0.3, -0.25) is 4.90 Å². The zero-order valence-electron chi connectivity index (χ0n) is 22.5. The fourth-order valence-corrected chi connectivity index (χ4v) is 5.71. The average molecular weight is 571 g/mol. The van der Waals surface area contributed by atoms with Crippen LogP contribution in [0.3, 0.4) is 0 Å². The monoisotopic (exact) mass is 569 g/mol. The van der Waals surface area contributed by atoms with Crippen LogP contribution >= 0.6 is 15.9 Å². The zero-order valence-corrected chi connectivity index (χ0v) is 24.1. The quantitative estimate of drug-likeness (QED) is 0.225. The first-order chi connectivity index (χ1) is 18.6. The van der Waals surface area contributed by atoms with Gasteiger partial charge in [-0.05, 0) is 76.1 Å². The van der Waals surface area contributed by atoms with Crippen molar-refractivity contribution in [3.05, 3.63) is 94.6 Å². The molecular formula is C32H36BrN5. The minimum absolute atomic E-state index is 0.586. The highest BCUT2D eigenvalue weighted by molar-refractivity contribution is 9.10. The molecule has 1 N–H and O–H groups in total. The van der Waals surface area contributed by atoms with Crippen LogP contribution in [-0.2, 0) is 6.54 Å². The maximum atomic E-state index is 4.91. The third kappa shape index (κ3) is 5.77. The van der Waals surface area contributed by atoms with Gasteiger partial charge in [0.25, 0.3) is 0 Å². The molecule has 5 aromatic rings. The lowest BCUT2D eigenvalue weighted by Crippen LogP contribution is -2.37. The first kappa shape index (κ1) is 26.4. The molecule has 1 aliphatic heterocycles. The lowest BCUT2D eigenvalue weighted by atomic mass is 9.97. The summed E-state index contributed by atoms with van der Waals surface area (Å²) in [5.74, 6) is 1.57. The molecule has 6 rings (SSSR count). The number of benzene rings is 3. The predicted octanol–water partition coefficient (Wildman–Crippen LogP) is 7.97. The second-order valence-corrected chi connectivity index (χ2v) is 10.7. The van der Waals surface area contributed by atoms with Crippen molar-refractivity contribution in [1.82, 2.24) is 19.5 Å². The summed E-state index contributed by atoms with van der Waals surface area (Å²) in [6.07, 6.45) is 4.29. The summed E-state index contributed by atoms with van der Waals surface area (Å²) in [4.78, 5) is 7.51. The molecule has 0 spiro atoms. The normalized spacial score (nSPS) is 15.8. The average Bonchev–Trinajstić information content (AvgIpc) is 3.34. The van der Waals surface area contributed by atoms with Crippen LogP contribution in [0, 0.1) is 12.8 Å². The number of likely N-dealkylation sites (tertiary alicyclic amines) is 1. The summed E-state index contributed by atoms with van der Waals surface area (Å²) in [5.41, 5.74) is 5.55. The van der Waals surface area contributed by atoms with Gasteiger partial charge < -0.3 is 5.32 Å². The topological polar surface area (TPSA) is 45.5 Å². The Kier molecular flexibility index (Phi) is 8.40. The second kappa shape index (κ2) is 12.1. The molecule has 6 heteroatoms. The van der Waals surface area contributed by atoms with Crippen molar-refractivity contribution in [3.63, 3.8) is 0 Å². The van der Waals surface area contributed by atoms with Crippen LogP contribution in [-0.4, -0.2) is 39.1 Å². The van der Waals surface area contributed by atoms with E-state index in [4.69, 9.17) is 4.98 Å². The third-order valence-corrected chi connectivity index (χ3v) is 7.80. The lowest BCUT2D eigenvalue weighted by molar-refractivity contribution is 0.173. The van der Waals surface area contributed by atoms with Crippen molar-refractivity contribution in [3.8, 4) is 11.3 Å². The van der Waals surface area contributed by atoms with Gasteiger partial charge in [-0.2, -0.15) is 9.61 Å². The van der Waals surface area contributed by atoms with Crippen LogP contribution in [0.5, 0.6) is 0 Å². The minimum Gasteiger partial charge on any atom is -0.370 e. The Morgan fingerprint density at radius 1 is 0.974 bits per heavy atom. The Morgan fingerprint density at radius 3 is 2.61 bits per heavy atom. The van der Waals surface area contributed by atoms with E-state index in [1.54, 1.807) is 0 Å². The smallest absolute Gasteiger partial charge is 0.172 e. The summed E-state index contributed by atoms with van der Waals surface area (Å²) in [6, 6.07) is 26.0. The van der Waals surface area contributed by atoms with E-state index in [2.05, 4.69) is 111 Å². The van der Waals surface area contributed by atoms with Crippen LogP contribution in [0.4, 0.5) is 5.82 Å². The summed E-state index contributed by atoms with van der Waals surface area (Å²) in [6.45, 7) is 10.3. The highest BCUT2D eigenvalue weighted by Gasteiger charge is 2.21. The molecule has 0 amide bonds. The van der Waals surface area contributed by atoms with Crippen molar-refractivity contribution in [1.29, 1.82) is 0 Å². The Balaban J connectivity index is 0.00000144. The molecule has 1 atom stereocenters. The summed E-state index contributed by atoms with van der Waals surface area (Å²) in [5, 5.41) is 10.9. The number of hydrogen-bond donors (Lipinski definition) is 1. The second-order valence-electron chi connectivity index (χ2n) is 9.88. The van der Waals surface area contributed by atoms with Crippen LogP contribution in [0.15, 0.2) is 83.5 Å². The van der Waals surface area contributed by atoms with E-state index in [1.807, 2.05) is 24.6 Å². The molecule has 1 aliphatic rings. The van der Waals surface area contributed by atoms with E-state index in [0.29, 0.717) is 5.92 Å². The Labute approximate surface area is 234 Å². The van der Waals surface area contributed by atoms with Crippen LogP contribution < -0.4 is 5.32 Å². The number of hydrogen-bond acceptors (Lipinski definition) is 4. The number of fused-ring (bicyclic) bond motifs is 2. The van der Waals surface area contributed by atoms with Gasteiger partial charge in [0.05, 0.1) is 16.4 Å². The Bertz CT molecular complexity index is 1530. The van der Waals surface area contributed by atoms with Gasteiger partial charge in [0.2, 0.25) is 0 Å². The van der Waals surface area contributed by atoms with Gasteiger partial charge in [-0.1, -0.05) is 74.5 Å². The van der Waals surface area contributed by atoms with Crippen molar-refractivity contribution < 1.29 is 0 Å². The lowest BCUT2D eigenvalue weighted by Gasteiger charge is -2.33. The van der Waals surface area contributed by atoms with Gasteiger partial charge in [-0.25, -0.2) is 4.98 Å². The first-order valence-electron chi connectivity index (χ1n) is 13.7. The summed E-state index contributed by atoms with van der Waals surface area (Å²) < 4.78 is 2.81. The van der Waals surface area contributed by atoms with Crippen molar-refractivity contribution in [2.45, 2.75) is 40.2 Å². The number of rotatable bonds is 6. The number of nitrogens with zero attached hydrogens (tertiary/aromatic N) is 4. The van der Waals surface area contributed by atoms with E-state index in [-0.39, 0.29) is 0 Å². The fourth-order valence-electron chi connectivity index (χ4n) is 5.37. The van der Waals surface area contributed by atoms with Crippen molar-refractivity contribution in [2.75, 3.05) is 25.0 Å². The maximum absolute atomic E-state index is 4.91. The van der Waals surface area contributed by atoms with Crippen molar-refractivity contribution in [2.24, 2.45) is 5.92 Å². The van der Waals surface area contributed by atoms with E-state index in [1.165, 1.54) is 34.7 Å². The minimum atomic E-state index is 0.586. The largest absolute Gasteiger partial charge is 0.370 e. The van der Waals surface area contributed by atoms with E-state index < -0.39 is 0 Å². The molecule has 3 aromatic carbocycles. The number of nitrogens with one attached hydrogen (secondary N) is 1. The molecule has 196 valence electrons. The van der Waals surface area contributed by atoms with Gasteiger partial charge in [0.1, 0.15) is 5.82 Å². The molecule has 2 aromatic heterocycles. The molecule has 0 radical (unpaired) electrons. The number of halogens is 1. The molecular weight excluding hydrogens is 534 g/mol. The van der Waals surface area contributed by atoms with E-state index >= 15 is 0 Å². The van der Waals surface area contributed by atoms with Crippen molar-refractivity contribution >= 4 is 38.2 Å². The standard InChI is InChI=1S/C30H30BrN5.C2H6/c1-21-7-2-5-11-26(21)28-16-29(36-30(34-28)27(31)18-33-36)32-17-23-8-6-14-35(20-23)19-22-12-13-24-9-3-4-10-25(24)15-22;1-2/h2-5,7,9-13,15-16,18,23,32H,6,8,14,17,19-20H2,1H3;1-2H3. The van der Waals surface area contributed by atoms with Gasteiger partial charge in [0, 0.05) is 31.3 Å². The van der Waals surface area contributed by atoms with E-state index in [0.717, 1.165) is 53.4 Å². The molecule has 1 saturated heterocycles. The SMILES string of the molecule is CC.Cc1ccccc1-c1cc(NCC2CCCN(Cc3ccc4ccccc4c3)C2)n2ncc(Br)c2n1. The highest BCUT2D eigenvalue weighted by Crippen LogP contribution is 2.28. The molecule has 3 heterocycles. The number of aryl methyl sites for hydroxylation is 1. The fraction of sp³-hybridized carbons (Fsp3) is 0.312. The van der Waals surface area contributed by atoms with Gasteiger partial charge >= 0.3 is 0 Å². The van der Waals surface area contributed by atoms with Gasteiger partial charge in [0.15, 0.2) is 5.65 Å². The van der Waals surface area contributed by atoms with E-state index in [9.17, 15) is 0 Å². The first-order valence-corrected chi connectivity index (χ1v) is 14.5. The molecule has 38 heavy (non-hydrogen) atoms. The maximum Gasteiger partial charge on any atom is 0.172 e. The zero-order chi connectivity index (χ0) is 26.5. The number of aromatic nitrogens is 3. The molecule has 5 nitrogen and oxygen atoms in total. The third-order valence-electron chi connectivity index (χ3n) is 7.24. The van der Waals surface area contributed by atoms with Crippen LogP contribution in [0.2, 0.25) is 0 Å². The molecule has 0 aliphatic carbocycles. The molecule has 0 bridgehead atoms. The molecule has 1 unspecified atom stereocenters. The van der Waals surface area contributed by atoms with Gasteiger partial charge in [-0.15, -0.1) is 0 Å².